The van der Waals surface area contributed by atoms with E-state index in [2.05, 4.69) is 10.2 Å². The number of anilines is 3. The molecule has 0 saturated carbocycles. The van der Waals surface area contributed by atoms with Gasteiger partial charge in [0.05, 0.1) is 19.3 Å². The number of para-hydroxylation sites is 2. The van der Waals surface area contributed by atoms with Gasteiger partial charge < -0.3 is 20.7 Å². The van der Waals surface area contributed by atoms with Crippen LogP contribution in [0.4, 0.5) is 17.1 Å². The highest BCUT2D eigenvalue weighted by Crippen LogP contribution is 2.29. The predicted octanol–water partition coefficient (Wildman–Crippen LogP) is 2.28. The molecule has 1 amide bonds. The Hall–Kier alpha value is -2.69. The predicted molar refractivity (Wildman–Crippen MR) is 88.4 cm³/mol. The van der Waals surface area contributed by atoms with Gasteiger partial charge in [-0.2, -0.15) is 0 Å². The van der Waals surface area contributed by atoms with E-state index in [9.17, 15) is 4.79 Å². The Balaban J connectivity index is 1.69. The number of carbonyl (C=O) groups excluding carboxylic acids is 1. The van der Waals surface area contributed by atoms with Crippen molar-refractivity contribution in [1.82, 2.24) is 0 Å². The summed E-state index contributed by atoms with van der Waals surface area (Å²) >= 11 is 0. The molecule has 5 nitrogen and oxygen atoms in total. The Morgan fingerprint density at radius 3 is 2.95 bits per heavy atom. The molecule has 0 unspecified atom stereocenters. The number of rotatable bonds is 4. The van der Waals surface area contributed by atoms with E-state index in [1.807, 2.05) is 42.5 Å². The van der Waals surface area contributed by atoms with Gasteiger partial charge in [-0.25, -0.2) is 0 Å². The zero-order valence-corrected chi connectivity index (χ0v) is 12.5. The first-order chi connectivity index (χ1) is 10.7. The average molecular weight is 297 g/mol. The highest BCUT2D eigenvalue weighted by Gasteiger charge is 2.21. The quantitative estimate of drug-likeness (QED) is 0.850. The minimum absolute atomic E-state index is 0.0609. The van der Waals surface area contributed by atoms with Crippen molar-refractivity contribution in [2.45, 2.75) is 6.42 Å². The van der Waals surface area contributed by atoms with Gasteiger partial charge in [0.2, 0.25) is 5.91 Å². The van der Waals surface area contributed by atoms with Crippen LogP contribution in [-0.4, -0.2) is 26.1 Å². The molecule has 0 radical (unpaired) electrons. The highest BCUT2D eigenvalue weighted by atomic mass is 16.5. The summed E-state index contributed by atoms with van der Waals surface area (Å²) < 4.78 is 5.24. The Kier molecular flexibility index (Phi) is 3.87. The number of amides is 1. The van der Waals surface area contributed by atoms with Crippen LogP contribution in [0.1, 0.15) is 5.56 Å². The van der Waals surface area contributed by atoms with Crippen LogP contribution in [0, 0.1) is 0 Å². The largest absolute Gasteiger partial charge is 0.495 e. The number of carbonyl (C=O) groups is 1. The Labute approximate surface area is 129 Å². The van der Waals surface area contributed by atoms with Crippen molar-refractivity contribution < 1.29 is 9.53 Å². The van der Waals surface area contributed by atoms with Crippen LogP contribution in [0.2, 0.25) is 0 Å². The second-order valence-electron chi connectivity index (χ2n) is 5.31. The summed E-state index contributed by atoms with van der Waals surface area (Å²) in [5.74, 6) is 0.597. The number of nitrogens with zero attached hydrogens (tertiary/aromatic N) is 1. The van der Waals surface area contributed by atoms with E-state index in [4.69, 9.17) is 10.5 Å². The summed E-state index contributed by atoms with van der Waals surface area (Å²) in [6.45, 7) is 1.15. The maximum Gasteiger partial charge on any atom is 0.243 e. The SMILES string of the molecule is COc1ccccc1NC(=O)CN1CCc2cc(N)ccc21. The van der Waals surface area contributed by atoms with Crippen LogP contribution in [0.5, 0.6) is 5.75 Å². The monoisotopic (exact) mass is 297 g/mol. The summed E-state index contributed by atoms with van der Waals surface area (Å²) in [4.78, 5) is 14.3. The molecule has 0 aliphatic carbocycles. The van der Waals surface area contributed by atoms with Gasteiger partial charge in [0.15, 0.2) is 0 Å². The first-order valence-corrected chi connectivity index (χ1v) is 7.23. The van der Waals surface area contributed by atoms with Gasteiger partial charge in [-0.3, -0.25) is 4.79 Å². The molecule has 3 N–H and O–H groups in total. The lowest BCUT2D eigenvalue weighted by Gasteiger charge is -2.19. The number of nitrogens with one attached hydrogen (secondary N) is 1. The van der Waals surface area contributed by atoms with E-state index in [1.54, 1.807) is 7.11 Å². The van der Waals surface area contributed by atoms with E-state index in [1.165, 1.54) is 5.56 Å². The van der Waals surface area contributed by atoms with Crippen molar-refractivity contribution >= 4 is 23.0 Å². The molecule has 0 fully saturated rings. The number of methoxy groups -OCH3 is 1. The van der Waals surface area contributed by atoms with E-state index in [0.717, 1.165) is 24.3 Å². The Bertz CT molecular complexity index is 700. The molecule has 0 spiro atoms. The first-order valence-electron chi connectivity index (χ1n) is 7.23. The molecule has 2 aromatic carbocycles. The number of hydrogen-bond donors (Lipinski definition) is 2. The molecule has 0 aromatic heterocycles. The van der Waals surface area contributed by atoms with Gasteiger partial charge in [-0.05, 0) is 42.3 Å². The van der Waals surface area contributed by atoms with Gasteiger partial charge in [0.25, 0.3) is 0 Å². The summed E-state index contributed by atoms with van der Waals surface area (Å²) in [6.07, 6.45) is 0.919. The molecule has 3 rings (SSSR count). The van der Waals surface area contributed by atoms with E-state index in [-0.39, 0.29) is 5.91 Å². The van der Waals surface area contributed by atoms with Crippen molar-refractivity contribution in [2.24, 2.45) is 0 Å². The van der Waals surface area contributed by atoms with Crippen molar-refractivity contribution in [3.63, 3.8) is 0 Å². The lowest BCUT2D eigenvalue weighted by Crippen LogP contribution is -2.31. The molecule has 22 heavy (non-hydrogen) atoms. The van der Waals surface area contributed by atoms with Gasteiger partial charge in [-0.15, -0.1) is 0 Å². The van der Waals surface area contributed by atoms with Crippen molar-refractivity contribution in [1.29, 1.82) is 0 Å². The molecular weight excluding hydrogens is 278 g/mol. The lowest BCUT2D eigenvalue weighted by molar-refractivity contribution is -0.115. The standard InChI is InChI=1S/C17H19N3O2/c1-22-16-5-3-2-4-14(16)19-17(21)11-20-9-8-12-10-13(18)6-7-15(12)20/h2-7,10H,8-9,11,18H2,1H3,(H,19,21). The van der Waals surface area contributed by atoms with E-state index in [0.29, 0.717) is 18.0 Å². The van der Waals surface area contributed by atoms with Gasteiger partial charge in [0, 0.05) is 17.9 Å². The smallest absolute Gasteiger partial charge is 0.243 e. The Morgan fingerprint density at radius 1 is 1.32 bits per heavy atom. The summed E-state index contributed by atoms with van der Waals surface area (Å²) in [7, 11) is 1.59. The van der Waals surface area contributed by atoms with E-state index < -0.39 is 0 Å². The normalized spacial score (nSPS) is 12.9. The highest BCUT2D eigenvalue weighted by molar-refractivity contribution is 5.95. The molecule has 1 aliphatic heterocycles. The van der Waals surface area contributed by atoms with Crippen LogP contribution in [-0.2, 0) is 11.2 Å². The fourth-order valence-electron chi connectivity index (χ4n) is 2.77. The third-order valence-electron chi connectivity index (χ3n) is 3.81. The van der Waals surface area contributed by atoms with Crippen LogP contribution in [0.3, 0.4) is 0 Å². The molecule has 5 heteroatoms. The molecule has 1 heterocycles. The number of ether oxygens (including phenoxy) is 1. The number of nitrogens with two attached hydrogens (primary N) is 1. The van der Waals surface area contributed by atoms with Crippen molar-refractivity contribution in [3.8, 4) is 5.75 Å². The molecule has 2 aromatic rings. The lowest BCUT2D eigenvalue weighted by atomic mass is 10.1. The maximum absolute atomic E-state index is 12.3. The fourth-order valence-corrected chi connectivity index (χ4v) is 2.77. The minimum atomic E-state index is -0.0609. The molecule has 0 atom stereocenters. The summed E-state index contributed by atoms with van der Waals surface area (Å²) in [6, 6.07) is 13.2. The van der Waals surface area contributed by atoms with Gasteiger partial charge >= 0.3 is 0 Å². The second-order valence-corrected chi connectivity index (χ2v) is 5.31. The van der Waals surface area contributed by atoms with E-state index >= 15 is 0 Å². The summed E-state index contributed by atoms with van der Waals surface area (Å²) in [5.41, 5.74) is 9.54. The second kappa shape index (κ2) is 5.97. The van der Waals surface area contributed by atoms with Gasteiger partial charge in [0.1, 0.15) is 5.75 Å². The van der Waals surface area contributed by atoms with Crippen LogP contribution in [0.15, 0.2) is 42.5 Å². The topological polar surface area (TPSA) is 67.6 Å². The molecule has 0 saturated heterocycles. The fraction of sp³-hybridized carbons (Fsp3) is 0.235. The summed E-state index contributed by atoms with van der Waals surface area (Å²) in [5, 5.41) is 2.90. The third-order valence-corrected chi connectivity index (χ3v) is 3.81. The molecule has 1 aliphatic rings. The number of fused-ring (bicyclic) bond motifs is 1. The third kappa shape index (κ3) is 2.83. The molecular formula is C17H19N3O2. The zero-order chi connectivity index (χ0) is 15.5. The molecule has 0 bridgehead atoms. The van der Waals surface area contributed by atoms with Crippen molar-refractivity contribution in [3.05, 3.63) is 48.0 Å². The first kappa shape index (κ1) is 14.3. The number of nitrogen functional groups attached to an aromatic ring is 1. The average Bonchev–Trinajstić information content (AvgIpc) is 2.89. The van der Waals surface area contributed by atoms with Gasteiger partial charge in [-0.1, -0.05) is 12.1 Å². The van der Waals surface area contributed by atoms with Crippen LogP contribution in [0.25, 0.3) is 0 Å². The number of hydrogen-bond acceptors (Lipinski definition) is 4. The Morgan fingerprint density at radius 2 is 2.14 bits per heavy atom. The van der Waals surface area contributed by atoms with Crippen molar-refractivity contribution in [2.75, 3.05) is 36.1 Å². The maximum atomic E-state index is 12.3. The van der Waals surface area contributed by atoms with Crippen LogP contribution >= 0.6 is 0 Å². The van der Waals surface area contributed by atoms with Crippen LogP contribution < -0.4 is 20.7 Å². The zero-order valence-electron chi connectivity index (χ0n) is 12.5. The molecule has 114 valence electrons. The minimum Gasteiger partial charge on any atom is -0.495 e. The number of benzene rings is 2.